The minimum Gasteiger partial charge on any atom is -0.464 e. The third-order valence-electron chi connectivity index (χ3n) is 2.58. The molecule has 1 unspecified atom stereocenters. The zero-order chi connectivity index (χ0) is 14.4. The maximum atomic E-state index is 11.8. The Morgan fingerprint density at radius 3 is 2.74 bits per heavy atom. The largest absolute Gasteiger partial charge is 0.464 e. The third-order valence-corrected chi connectivity index (χ3v) is 2.58. The van der Waals surface area contributed by atoms with Crippen molar-refractivity contribution in [2.45, 2.75) is 26.4 Å². The lowest BCUT2D eigenvalue weighted by atomic mass is 10.3. The Morgan fingerprint density at radius 1 is 1.47 bits per heavy atom. The minimum absolute atomic E-state index is 0.0182. The summed E-state index contributed by atoms with van der Waals surface area (Å²) in [6.07, 6.45) is 1.40. The van der Waals surface area contributed by atoms with E-state index in [9.17, 15) is 9.59 Å². The lowest BCUT2D eigenvalue weighted by Gasteiger charge is -2.14. The summed E-state index contributed by atoms with van der Waals surface area (Å²) >= 11 is 0. The summed E-state index contributed by atoms with van der Waals surface area (Å²) in [5.41, 5.74) is 0.259. The second-order valence-electron chi connectivity index (χ2n) is 4.19. The van der Waals surface area contributed by atoms with Crippen LogP contribution in [0.2, 0.25) is 0 Å². The van der Waals surface area contributed by atoms with Crippen LogP contribution in [0.1, 0.15) is 23.2 Å². The van der Waals surface area contributed by atoms with Crippen LogP contribution in [0.15, 0.2) is 6.20 Å². The van der Waals surface area contributed by atoms with Crippen LogP contribution < -0.4 is 5.32 Å². The van der Waals surface area contributed by atoms with Gasteiger partial charge in [0.2, 0.25) is 5.91 Å². The van der Waals surface area contributed by atoms with Gasteiger partial charge in [-0.1, -0.05) is 0 Å². The fourth-order valence-electron chi connectivity index (χ4n) is 1.69. The molecule has 1 aromatic rings. The zero-order valence-electron chi connectivity index (χ0n) is 11.6. The number of nitrogens with one attached hydrogen (secondary N) is 1. The Morgan fingerprint density at radius 2 is 2.16 bits per heavy atom. The van der Waals surface area contributed by atoms with Crippen molar-refractivity contribution in [1.82, 2.24) is 14.9 Å². The van der Waals surface area contributed by atoms with E-state index in [0.717, 1.165) is 0 Å². The first-order valence-electron chi connectivity index (χ1n) is 5.88. The average molecular weight is 269 g/mol. The number of nitrogens with zero attached hydrogens (tertiary/aromatic N) is 2. The van der Waals surface area contributed by atoms with Gasteiger partial charge in [-0.25, -0.2) is 9.78 Å². The molecular weight excluding hydrogens is 250 g/mol. The first-order chi connectivity index (χ1) is 8.99. The second kappa shape index (κ2) is 6.89. The van der Waals surface area contributed by atoms with Gasteiger partial charge in [0.15, 0.2) is 0 Å². The van der Waals surface area contributed by atoms with Gasteiger partial charge >= 0.3 is 5.97 Å². The summed E-state index contributed by atoms with van der Waals surface area (Å²) in [5.74, 6) is -0.149. The van der Waals surface area contributed by atoms with E-state index in [1.165, 1.54) is 17.9 Å². The van der Waals surface area contributed by atoms with Gasteiger partial charge in [-0.05, 0) is 13.8 Å². The Bertz CT molecular complexity index is 456. The number of carbonyl (C=O) groups excluding carboxylic acids is 2. The summed E-state index contributed by atoms with van der Waals surface area (Å²) in [5, 5.41) is 2.77. The molecule has 1 N–H and O–H groups in total. The average Bonchev–Trinajstić information content (AvgIpc) is 2.70. The number of hydrogen-bond acceptors (Lipinski definition) is 5. The number of esters is 1. The number of imidazole rings is 1. The van der Waals surface area contributed by atoms with Crippen LogP contribution in [0, 0.1) is 6.92 Å². The molecule has 0 fully saturated rings. The Hall–Kier alpha value is -1.89. The van der Waals surface area contributed by atoms with Crippen LogP contribution in [0.5, 0.6) is 0 Å². The molecule has 0 aliphatic heterocycles. The van der Waals surface area contributed by atoms with Gasteiger partial charge < -0.3 is 19.4 Å². The molecule has 0 aliphatic rings. The van der Waals surface area contributed by atoms with E-state index in [-0.39, 0.29) is 24.2 Å². The number of hydrogen-bond donors (Lipinski definition) is 1. The molecule has 0 aliphatic carbocycles. The molecule has 0 saturated heterocycles. The lowest BCUT2D eigenvalue weighted by molar-refractivity contribution is -0.122. The molecular formula is C12H19N3O4. The minimum atomic E-state index is -0.515. The highest BCUT2D eigenvalue weighted by atomic mass is 16.5. The lowest BCUT2D eigenvalue weighted by Crippen LogP contribution is -2.38. The first kappa shape index (κ1) is 15.2. The quantitative estimate of drug-likeness (QED) is 0.742. The Kier molecular flexibility index (Phi) is 5.50. The van der Waals surface area contributed by atoms with E-state index >= 15 is 0 Å². The number of carbonyl (C=O) groups is 2. The van der Waals surface area contributed by atoms with Crippen molar-refractivity contribution in [2.75, 3.05) is 20.8 Å². The highest BCUT2D eigenvalue weighted by Crippen LogP contribution is 2.06. The number of ether oxygens (including phenoxy) is 2. The number of aryl methyl sites for hydroxylation is 1. The van der Waals surface area contributed by atoms with E-state index in [1.54, 1.807) is 14.0 Å². The summed E-state index contributed by atoms with van der Waals surface area (Å²) in [6.45, 7) is 4.00. The molecule has 1 rings (SSSR count). The Labute approximate surface area is 111 Å². The molecule has 0 radical (unpaired) electrons. The molecule has 0 aromatic carbocycles. The first-order valence-corrected chi connectivity index (χ1v) is 5.88. The van der Waals surface area contributed by atoms with E-state index in [1.807, 2.05) is 6.92 Å². The second-order valence-corrected chi connectivity index (χ2v) is 4.19. The molecule has 1 aromatic heterocycles. The molecule has 1 amide bonds. The van der Waals surface area contributed by atoms with Crippen molar-refractivity contribution in [3.05, 3.63) is 17.7 Å². The standard InChI is InChI=1S/C12H19N3O4/c1-8(7-18-3)14-11(16)6-15-9(2)13-5-10(15)12(17)19-4/h5,8H,6-7H2,1-4H3,(H,14,16). The molecule has 7 nitrogen and oxygen atoms in total. The molecule has 7 heteroatoms. The summed E-state index contributed by atoms with van der Waals surface area (Å²) < 4.78 is 11.1. The highest BCUT2D eigenvalue weighted by molar-refractivity contribution is 5.88. The predicted molar refractivity (Wildman–Crippen MR) is 67.8 cm³/mol. The van der Waals surface area contributed by atoms with Crippen molar-refractivity contribution >= 4 is 11.9 Å². The van der Waals surface area contributed by atoms with Crippen LogP contribution in [0.3, 0.4) is 0 Å². The number of amides is 1. The van der Waals surface area contributed by atoms with Gasteiger partial charge in [0.1, 0.15) is 18.1 Å². The maximum absolute atomic E-state index is 11.8. The van der Waals surface area contributed by atoms with Gasteiger partial charge in [-0.15, -0.1) is 0 Å². The summed E-state index contributed by atoms with van der Waals surface area (Å²) in [7, 11) is 2.85. The fraction of sp³-hybridized carbons (Fsp3) is 0.583. The van der Waals surface area contributed by atoms with E-state index in [2.05, 4.69) is 15.0 Å². The molecule has 1 heterocycles. The molecule has 0 bridgehead atoms. The normalized spacial score (nSPS) is 12.0. The maximum Gasteiger partial charge on any atom is 0.356 e. The topological polar surface area (TPSA) is 82.5 Å². The van der Waals surface area contributed by atoms with Crippen molar-refractivity contribution < 1.29 is 19.1 Å². The van der Waals surface area contributed by atoms with Gasteiger partial charge in [0.25, 0.3) is 0 Å². The number of rotatable bonds is 6. The summed E-state index contributed by atoms with van der Waals surface area (Å²) in [4.78, 5) is 27.4. The molecule has 1 atom stereocenters. The van der Waals surface area contributed by atoms with Crippen molar-refractivity contribution in [2.24, 2.45) is 0 Å². The number of methoxy groups -OCH3 is 2. The van der Waals surface area contributed by atoms with Gasteiger partial charge in [0, 0.05) is 13.2 Å². The van der Waals surface area contributed by atoms with Crippen molar-refractivity contribution in [3.63, 3.8) is 0 Å². The van der Waals surface area contributed by atoms with E-state index < -0.39 is 5.97 Å². The molecule has 0 spiro atoms. The van der Waals surface area contributed by atoms with Crippen LogP contribution in [-0.4, -0.2) is 48.3 Å². The summed E-state index contributed by atoms with van der Waals surface area (Å²) in [6, 6.07) is -0.0945. The monoisotopic (exact) mass is 269 g/mol. The van der Waals surface area contributed by atoms with Crippen LogP contribution in [0.4, 0.5) is 0 Å². The SMILES string of the molecule is COCC(C)NC(=O)Cn1c(C(=O)OC)cnc1C. The van der Waals surface area contributed by atoms with Crippen molar-refractivity contribution in [1.29, 1.82) is 0 Å². The van der Waals surface area contributed by atoms with Gasteiger partial charge in [-0.2, -0.15) is 0 Å². The third kappa shape index (κ3) is 4.06. The predicted octanol–water partition coefficient (Wildman–Crippen LogP) is 0.129. The zero-order valence-corrected chi connectivity index (χ0v) is 11.6. The smallest absolute Gasteiger partial charge is 0.356 e. The molecule has 106 valence electrons. The van der Waals surface area contributed by atoms with Crippen LogP contribution in [-0.2, 0) is 20.8 Å². The fourth-order valence-corrected chi connectivity index (χ4v) is 1.69. The van der Waals surface area contributed by atoms with Crippen LogP contribution in [0.25, 0.3) is 0 Å². The van der Waals surface area contributed by atoms with Crippen LogP contribution >= 0.6 is 0 Å². The van der Waals surface area contributed by atoms with Gasteiger partial charge in [-0.3, -0.25) is 4.79 Å². The van der Waals surface area contributed by atoms with Crippen molar-refractivity contribution in [3.8, 4) is 0 Å². The Balaban J connectivity index is 2.73. The molecule has 0 saturated carbocycles. The number of aromatic nitrogens is 2. The van der Waals surface area contributed by atoms with Gasteiger partial charge in [0.05, 0.1) is 19.9 Å². The van der Waals surface area contributed by atoms with E-state index in [4.69, 9.17) is 4.74 Å². The highest BCUT2D eigenvalue weighted by Gasteiger charge is 2.17. The molecule has 19 heavy (non-hydrogen) atoms. The van der Waals surface area contributed by atoms with E-state index in [0.29, 0.717) is 12.4 Å².